The number of oxazole rings is 1. The lowest BCUT2D eigenvalue weighted by Crippen LogP contribution is -2.31. The summed E-state index contributed by atoms with van der Waals surface area (Å²) in [6, 6.07) is 11.7. The van der Waals surface area contributed by atoms with Gasteiger partial charge >= 0.3 is 6.03 Å². The number of amides is 2. The summed E-state index contributed by atoms with van der Waals surface area (Å²) in [6.07, 6.45) is 2.08. The molecule has 0 saturated carbocycles. The maximum atomic E-state index is 13.0. The standard InChI is InChI=1S/C22H24FN3O2/c1-14(2)19-6-4-5-15(3)20(19)26-22(27)24-12-11-18-13-28-21(25-18)16-7-9-17(23)10-8-16/h4-10,13-14H,11-12H2,1-3H3,(H2,24,26,27). The van der Waals surface area contributed by atoms with Crippen molar-refractivity contribution in [2.75, 3.05) is 11.9 Å². The number of nitrogens with one attached hydrogen (secondary N) is 2. The molecule has 0 bridgehead atoms. The molecule has 3 rings (SSSR count). The summed E-state index contributed by atoms with van der Waals surface area (Å²) in [5.74, 6) is 0.441. The fourth-order valence-electron chi connectivity index (χ4n) is 2.95. The zero-order chi connectivity index (χ0) is 20.1. The number of aromatic nitrogens is 1. The van der Waals surface area contributed by atoms with Crippen molar-refractivity contribution in [2.45, 2.75) is 33.1 Å². The number of rotatable bonds is 6. The SMILES string of the molecule is Cc1cccc(C(C)C)c1NC(=O)NCCc1coc(-c2ccc(F)cc2)n1. The van der Waals surface area contributed by atoms with Crippen LogP contribution in [0.15, 0.2) is 53.1 Å². The largest absolute Gasteiger partial charge is 0.444 e. The average Bonchev–Trinajstić information content (AvgIpc) is 3.12. The molecule has 0 aliphatic carbocycles. The Balaban J connectivity index is 1.55. The maximum Gasteiger partial charge on any atom is 0.319 e. The first-order chi connectivity index (χ1) is 13.4. The van der Waals surface area contributed by atoms with Crippen LogP contribution in [0.2, 0.25) is 0 Å². The van der Waals surface area contributed by atoms with E-state index in [0.717, 1.165) is 22.5 Å². The first-order valence-corrected chi connectivity index (χ1v) is 9.28. The minimum absolute atomic E-state index is 0.251. The molecule has 0 aliphatic rings. The molecule has 2 N–H and O–H groups in total. The predicted octanol–water partition coefficient (Wildman–Crippen LogP) is 5.28. The summed E-state index contributed by atoms with van der Waals surface area (Å²) in [5, 5.41) is 5.80. The Labute approximate surface area is 164 Å². The molecule has 0 fully saturated rings. The Morgan fingerprint density at radius 1 is 1.18 bits per heavy atom. The van der Waals surface area contributed by atoms with E-state index >= 15 is 0 Å². The minimum Gasteiger partial charge on any atom is -0.444 e. The van der Waals surface area contributed by atoms with Crippen LogP contribution in [0, 0.1) is 12.7 Å². The molecular formula is C22H24FN3O2. The van der Waals surface area contributed by atoms with Crippen molar-refractivity contribution in [3.8, 4) is 11.5 Å². The van der Waals surface area contributed by atoms with Crippen LogP contribution in [0.1, 0.15) is 36.6 Å². The molecule has 5 nitrogen and oxygen atoms in total. The molecule has 3 aromatic rings. The lowest BCUT2D eigenvalue weighted by molar-refractivity contribution is 0.252. The Morgan fingerprint density at radius 2 is 1.93 bits per heavy atom. The highest BCUT2D eigenvalue weighted by Gasteiger charge is 2.12. The predicted molar refractivity (Wildman–Crippen MR) is 108 cm³/mol. The zero-order valence-corrected chi connectivity index (χ0v) is 16.3. The van der Waals surface area contributed by atoms with Gasteiger partial charge in [0.1, 0.15) is 12.1 Å². The van der Waals surface area contributed by atoms with Crippen molar-refractivity contribution in [1.82, 2.24) is 10.3 Å². The summed E-state index contributed by atoms with van der Waals surface area (Å²) in [7, 11) is 0. The van der Waals surface area contributed by atoms with Gasteiger partial charge in [-0.3, -0.25) is 0 Å². The third kappa shape index (κ3) is 4.76. The van der Waals surface area contributed by atoms with Gasteiger partial charge in [-0.2, -0.15) is 0 Å². The van der Waals surface area contributed by atoms with Crippen LogP contribution in [0.25, 0.3) is 11.5 Å². The Morgan fingerprint density at radius 3 is 2.64 bits per heavy atom. The average molecular weight is 381 g/mol. The number of anilines is 1. The highest BCUT2D eigenvalue weighted by Crippen LogP contribution is 2.27. The number of halogens is 1. The number of urea groups is 1. The van der Waals surface area contributed by atoms with E-state index in [1.807, 2.05) is 25.1 Å². The molecule has 2 amide bonds. The molecule has 6 heteroatoms. The van der Waals surface area contributed by atoms with E-state index in [-0.39, 0.29) is 11.8 Å². The van der Waals surface area contributed by atoms with E-state index in [0.29, 0.717) is 30.3 Å². The lowest BCUT2D eigenvalue weighted by Gasteiger charge is -2.16. The van der Waals surface area contributed by atoms with E-state index in [2.05, 4.69) is 29.5 Å². The number of hydrogen-bond acceptors (Lipinski definition) is 3. The Bertz CT molecular complexity index is 949. The van der Waals surface area contributed by atoms with Crippen LogP contribution in [-0.2, 0) is 6.42 Å². The Hall–Kier alpha value is -3.15. The van der Waals surface area contributed by atoms with Crippen LogP contribution < -0.4 is 10.6 Å². The molecule has 0 spiro atoms. The minimum atomic E-state index is -0.306. The Kier molecular flexibility index (Phi) is 6.09. The molecule has 0 aliphatic heterocycles. The van der Waals surface area contributed by atoms with Crippen molar-refractivity contribution in [1.29, 1.82) is 0 Å². The number of para-hydroxylation sites is 1. The molecule has 1 aromatic heterocycles. The number of benzene rings is 2. The van der Waals surface area contributed by atoms with E-state index in [1.54, 1.807) is 18.4 Å². The second-order valence-corrected chi connectivity index (χ2v) is 6.98. The van der Waals surface area contributed by atoms with Gasteiger partial charge in [-0.25, -0.2) is 14.2 Å². The van der Waals surface area contributed by atoms with Gasteiger partial charge in [0.2, 0.25) is 5.89 Å². The topological polar surface area (TPSA) is 67.2 Å². The molecular weight excluding hydrogens is 357 g/mol. The van der Waals surface area contributed by atoms with Crippen molar-refractivity contribution in [2.24, 2.45) is 0 Å². The molecule has 2 aromatic carbocycles. The van der Waals surface area contributed by atoms with E-state index < -0.39 is 0 Å². The summed E-state index contributed by atoms with van der Waals surface area (Å²) in [4.78, 5) is 16.7. The summed E-state index contributed by atoms with van der Waals surface area (Å²) in [6.45, 7) is 6.60. The molecule has 0 atom stereocenters. The normalized spacial score (nSPS) is 10.9. The van der Waals surface area contributed by atoms with Crippen LogP contribution in [0.5, 0.6) is 0 Å². The van der Waals surface area contributed by atoms with Gasteiger partial charge in [-0.15, -0.1) is 0 Å². The molecule has 0 radical (unpaired) electrons. The monoisotopic (exact) mass is 381 g/mol. The second kappa shape index (κ2) is 8.69. The van der Waals surface area contributed by atoms with Crippen molar-refractivity contribution >= 4 is 11.7 Å². The van der Waals surface area contributed by atoms with Crippen LogP contribution in [-0.4, -0.2) is 17.6 Å². The van der Waals surface area contributed by atoms with Gasteiger partial charge < -0.3 is 15.1 Å². The van der Waals surface area contributed by atoms with Crippen LogP contribution in [0.3, 0.4) is 0 Å². The van der Waals surface area contributed by atoms with Gasteiger partial charge in [0.05, 0.1) is 5.69 Å². The van der Waals surface area contributed by atoms with Crippen LogP contribution in [0.4, 0.5) is 14.9 Å². The highest BCUT2D eigenvalue weighted by atomic mass is 19.1. The molecule has 146 valence electrons. The van der Waals surface area contributed by atoms with Crippen LogP contribution >= 0.6 is 0 Å². The number of hydrogen-bond donors (Lipinski definition) is 2. The smallest absolute Gasteiger partial charge is 0.319 e. The molecule has 0 saturated heterocycles. The maximum absolute atomic E-state index is 13.0. The summed E-state index contributed by atoms with van der Waals surface area (Å²) >= 11 is 0. The van der Waals surface area contributed by atoms with E-state index in [4.69, 9.17) is 4.42 Å². The molecule has 1 heterocycles. The van der Waals surface area contributed by atoms with Gasteiger partial charge in [0.25, 0.3) is 0 Å². The van der Waals surface area contributed by atoms with Crippen molar-refractivity contribution in [3.05, 3.63) is 71.4 Å². The fourth-order valence-corrected chi connectivity index (χ4v) is 2.95. The third-order valence-electron chi connectivity index (χ3n) is 4.48. The molecule has 0 unspecified atom stereocenters. The third-order valence-corrected chi connectivity index (χ3v) is 4.48. The van der Waals surface area contributed by atoms with E-state index in [9.17, 15) is 9.18 Å². The van der Waals surface area contributed by atoms with Gasteiger partial charge in [0.15, 0.2) is 0 Å². The first-order valence-electron chi connectivity index (χ1n) is 9.28. The second-order valence-electron chi connectivity index (χ2n) is 6.98. The number of carbonyl (C=O) groups is 1. The van der Waals surface area contributed by atoms with E-state index in [1.165, 1.54) is 12.1 Å². The summed E-state index contributed by atoms with van der Waals surface area (Å²) < 4.78 is 18.4. The first kappa shape index (κ1) is 19.6. The summed E-state index contributed by atoms with van der Waals surface area (Å²) in [5.41, 5.74) is 4.42. The lowest BCUT2D eigenvalue weighted by atomic mass is 9.98. The van der Waals surface area contributed by atoms with Gasteiger partial charge in [0, 0.05) is 24.2 Å². The zero-order valence-electron chi connectivity index (χ0n) is 16.3. The number of nitrogens with zero attached hydrogens (tertiary/aromatic N) is 1. The number of carbonyl (C=O) groups excluding carboxylic acids is 1. The quantitative estimate of drug-likeness (QED) is 0.611. The fraction of sp³-hybridized carbons (Fsp3) is 0.273. The number of aryl methyl sites for hydroxylation is 1. The van der Waals surface area contributed by atoms with Crippen molar-refractivity contribution in [3.63, 3.8) is 0 Å². The molecule has 28 heavy (non-hydrogen) atoms. The van der Waals surface area contributed by atoms with Gasteiger partial charge in [-0.05, 0) is 48.2 Å². The van der Waals surface area contributed by atoms with Crippen molar-refractivity contribution < 1.29 is 13.6 Å². The van der Waals surface area contributed by atoms with Gasteiger partial charge in [-0.1, -0.05) is 32.0 Å². The highest BCUT2D eigenvalue weighted by molar-refractivity contribution is 5.91.